The maximum absolute atomic E-state index is 12.5. The number of sulfonamides is 1. The molecule has 0 spiro atoms. The van der Waals surface area contributed by atoms with Gasteiger partial charge in [-0.25, -0.2) is 14.3 Å². The van der Waals surface area contributed by atoms with Crippen LogP contribution >= 0.6 is 11.6 Å². The second-order valence-corrected chi connectivity index (χ2v) is 6.48. The van der Waals surface area contributed by atoms with Crippen molar-refractivity contribution in [1.29, 1.82) is 0 Å². The topological polar surface area (TPSA) is 111 Å². The van der Waals surface area contributed by atoms with Gasteiger partial charge in [-0.1, -0.05) is 23.7 Å². The van der Waals surface area contributed by atoms with E-state index in [1.54, 1.807) is 24.3 Å². The Bertz CT molecular complexity index is 840. The number of anilines is 1. The van der Waals surface area contributed by atoms with Crippen LogP contribution in [0.3, 0.4) is 0 Å². The maximum Gasteiger partial charge on any atom is 0.265 e. The van der Waals surface area contributed by atoms with Crippen molar-refractivity contribution >= 4 is 33.2 Å². The number of methoxy groups -OCH3 is 1. The van der Waals surface area contributed by atoms with E-state index in [1.165, 1.54) is 19.2 Å². The number of nitrogens with two attached hydrogens (primary N) is 1. The lowest BCUT2D eigenvalue weighted by Crippen LogP contribution is -2.30. The molecule has 9 heteroatoms. The fraction of sp³-hybridized carbons (Fsp3) is 0.0714. The van der Waals surface area contributed by atoms with Gasteiger partial charge in [0.1, 0.15) is 10.6 Å². The lowest BCUT2D eigenvalue weighted by molar-refractivity contribution is 0.0953. The molecule has 0 atom stereocenters. The normalized spacial score (nSPS) is 10.9. The Hall–Kier alpha value is -2.29. The third kappa shape index (κ3) is 3.73. The van der Waals surface area contributed by atoms with Crippen LogP contribution in [0.1, 0.15) is 10.4 Å². The molecule has 0 radical (unpaired) electrons. The summed E-state index contributed by atoms with van der Waals surface area (Å²) in [5.41, 5.74) is 2.25. The van der Waals surface area contributed by atoms with Crippen molar-refractivity contribution < 1.29 is 17.9 Å². The molecule has 0 saturated carbocycles. The Kier molecular flexibility index (Phi) is 5.09. The minimum atomic E-state index is -4.02. The standard InChI is InChI=1S/C14H14ClN3O4S/c1-22-12-5-3-2-4-11(12)18-23(20,21)13-8-9(14(19)17-16)6-7-10(13)15/h2-8,18H,16H2,1H3,(H,17,19). The summed E-state index contributed by atoms with van der Waals surface area (Å²) in [5, 5.41) is -0.0269. The first-order valence-corrected chi connectivity index (χ1v) is 8.21. The lowest BCUT2D eigenvalue weighted by Gasteiger charge is -2.13. The van der Waals surface area contributed by atoms with E-state index in [1.807, 2.05) is 5.43 Å². The number of hydrogen-bond acceptors (Lipinski definition) is 5. The van der Waals surface area contributed by atoms with Crippen molar-refractivity contribution in [3.8, 4) is 5.75 Å². The van der Waals surface area contributed by atoms with Crippen molar-refractivity contribution in [1.82, 2.24) is 5.43 Å². The first-order valence-electron chi connectivity index (χ1n) is 6.35. The summed E-state index contributed by atoms with van der Waals surface area (Å²) in [6.45, 7) is 0. The van der Waals surface area contributed by atoms with Crippen LogP contribution in [0, 0.1) is 0 Å². The highest BCUT2D eigenvalue weighted by molar-refractivity contribution is 7.92. The Labute approximate surface area is 138 Å². The van der Waals surface area contributed by atoms with E-state index in [2.05, 4.69) is 4.72 Å². The summed E-state index contributed by atoms with van der Waals surface area (Å²) < 4.78 is 32.6. The quantitative estimate of drug-likeness (QED) is 0.430. The molecule has 1 amide bonds. The molecule has 0 aromatic heterocycles. The number of nitrogens with one attached hydrogen (secondary N) is 2. The minimum Gasteiger partial charge on any atom is -0.495 e. The Morgan fingerprint density at radius 3 is 2.57 bits per heavy atom. The third-order valence-electron chi connectivity index (χ3n) is 2.97. The van der Waals surface area contributed by atoms with Gasteiger partial charge in [-0.15, -0.1) is 0 Å². The van der Waals surface area contributed by atoms with Gasteiger partial charge in [0.25, 0.3) is 15.9 Å². The first kappa shape index (κ1) is 17.1. The molecule has 0 aliphatic heterocycles. The smallest absolute Gasteiger partial charge is 0.265 e. The van der Waals surface area contributed by atoms with Gasteiger partial charge in [0, 0.05) is 5.56 Å². The number of ether oxygens (including phenoxy) is 1. The van der Waals surface area contributed by atoms with Crippen LogP contribution in [0.25, 0.3) is 0 Å². The van der Waals surface area contributed by atoms with Crippen molar-refractivity contribution in [2.75, 3.05) is 11.8 Å². The highest BCUT2D eigenvalue weighted by atomic mass is 35.5. The van der Waals surface area contributed by atoms with Crippen molar-refractivity contribution in [3.63, 3.8) is 0 Å². The van der Waals surface area contributed by atoms with E-state index in [4.69, 9.17) is 22.2 Å². The van der Waals surface area contributed by atoms with E-state index < -0.39 is 15.9 Å². The van der Waals surface area contributed by atoms with Crippen molar-refractivity contribution in [3.05, 3.63) is 53.1 Å². The highest BCUT2D eigenvalue weighted by Crippen LogP contribution is 2.29. The van der Waals surface area contributed by atoms with Crippen LogP contribution in [-0.4, -0.2) is 21.4 Å². The molecule has 0 fully saturated rings. The summed E-state index contributed by atoms with van der Waals surface area (Å²) in [4.78, 5) is 11.3. The lowest BCUT2D eigenvalue weighted by atomic mass is 10.2. The largest absolute Gasteiger partial charge is 0.495 e. The number of benzene rings is 2. The molecular formula is C14H14ClN3O4S. The van der Waals surface area contributed by atoms with Crippen LogP contribution in [0.5, 0.6) is 5.75 Å². The second kappa shape index (κ2) is 6.86. The van der Waals surface area contributed by atoms with E-state index in [-0.39, 0.29) is 21.2 Å². The van der Waals surface area contributed by atoms with Gasteiger partial charge in [0.2, 0.25) is 0 Å². The third-order valence-corrected chi connectivity index (χ3v) is 4.81. The average Bonchev–Trinajstić information content (AvgIpc) is 2.54. The maximum atomic E-state index is 12.5. The van der Waals surface area contributed by atoms with Crippen LogP contribution in [-0.2, 0) is 10.0 Å². The fourth-order valence-electron chi connectivity index (χ4n) is 1.86. The molecule has 2 rings (SSSR count). The Morgan fingerprint density at radius 2 is 1.91 bits per heavy atom. The summed E-state index contributed by atoms with van der Waals surface area (Å²) in [5.74, 6) is 4.77. The number of rotatable bonds is 5. The molecule has 122 valence electrons. The molecule has 23 heavy (non-hydrogen) atoms. The van der Waals surface area contributed by atoms with Gasteiger partial charge >= 0.3 is 0 Å². The number of hydrogen-bond donors (Lipinski definition) is 3. The predicted octanol–water partition coefficient (Wildman–Crippen LogP) is 1.75. The van der Waals surface area contributed by atoms with E-state index in [0.717, 1.165) is 6.07 Å². The molecule has 4 N–H and O–H groups in total. The summed E-state index contributed by atoms with van der Waals surface area (Å²) in [6.07, 6.45) is 0. The van der Waals surface area contributed by atoms with E-state index in [9.17, 15) is 13.2 Å². The fourth-order valence-corrected chi connectivity index (χ4v) is 3.46. The summed E-state index contributed by atoms with van der Waals surface area (Å²) >= 11 is 5.96. The number of carbonyl (C=O) groups is 1. The zero-order valence-corrected chi connectivity index (χ0v) is 13.6. The van der Waals surface area contributed by atoms with Crippen LogP contribution < -0.4 is 20.7 Å². The number of nitrogen functional groups attached to an aromatic ring is 1. The van der Waals surface area contributed by atoms with Crippen molar-refractivity contribution in [2.45, 2.75) is 4.90 Å². The van der Waals surface area contributed by atoms with Gasteiger partial charge < -0.3 is 4.74 Å². The minimum absolute atomic E-state index is 0.0269. The van der Waals surface area contributed by atoms with Gasteiger partial charge in [0.05, 0.1) is 17.8 Å². The van der Waals surface area contributed by atoms with Crippen LogP contribution in [0.2, 0.25) is 5.02 Å². The predicted molar refractivity (Wildman–Crippen MR) is 86.9 cm³/mol. The average molecular weight is 356 g/mol. The van der Waals surface area contributed by atoms with Gasteiger partial charge in [-0.2, -0.15) is 0 Å². The Morgan fingerprint density at radius 1 is 1.22 bits per heavy atom. The zero-order chi connectivity index (χ0) is 17.0. The molecule has 0 aliphatic carbocycles. The summed E-state index contributed by atoms with van der Waals surface area (Å²) in [7, 11) is -2.60. The number of amides is 1. The van der Waals surface area contributed by atoms with Gasteiger partial charge in [-0.05, 0) is 30.3 Å². The summed E-state index contributed by atoms with van der Waals surface area (Å²) in [6, 6.07) is 10.3. The van der Waals surface area contributed by atoms with E-state index >= 15 is 0 Å². The molecular weight excluding hydrogens is 342 g/mol. The number of para-hydroxylation sites is 2. The molecule has 2 aromatic rings. The molecule has 7 nitrogen and oxygen atoms in total. The first-order chi connectivity index (χ1) is 10.9. The molecule has 0 aliphatic rings. The monoisotopic (exact) mass is 355 g/mol. The van der Waals surface area contributed by atoms with Crippen molar-refractivity contribution in [2.24, 2.45) is 5.84 Å². The molecule has 2 aromatic carbocycles. The SMILES string of the molecule is COc1ccccc1NS(=O)(=O)c1cc(C(=O)NN)ccc1Cl. The van der Waals surface area contributed by atoms with Crippen LogP contribution in [0.4, 0.5) is 5.69 Å². The van der Waals surface area contributed by atoms with E-state index in [0.29, 0.717) is 5.75 Å². The second-order valence-electron chi connectivity index (χ2n) is 4.42. The van der Waals surface area contributed by atoms with Crippen LogP contribution in [0.15, 0.2) is 47.4 Å². The molecule has 0 heterocycles. The molecule has 0 unspecified atom stereocenters. The number of hydrazine groups is 1. The molecule has 0 saturated heterocycles. The number of carbonyl (C=O) groups excluding carboxylic acids is 1. The Balaban J connectivity index is 2.45. The highest BCUT2D eigenvalue weighted by Gasteiger charge is 2.21. The van der Waals surface area contributed by atoms with Gasteiger partial charge in [0.15, 0.2) is 0 Å². The molecule has 0 bridgehead atoms. The number of halogens is 1. The van der Waals surface area contributed by atoms with Gasteiger partial charge in [-0.3, -0.25) is 14.9 Å². The zero-order valence-electron chi connectivity index (χ0n) is 12.0.